The number of hydrogen-bond acceptors (Lipinski definition) is 4. The van der Waals surface area contributed by atoms with Gasteiger partial charge in [0.15, 0.2) is 0 Å². The van der Waals surface area contributed by atoms with Gasteiger partial charge >= 0.3 is 0 Å². The third-order valence-electron chi connectivity index (χ3n) is 4.32. The van der Waals surface area contributed by atoms with Crippen molar-refractivity contribution in [3.8, 4) is 0 Å². The monoisotopic (exact) mass is 396 g/mol. The largest absolute Gasteiger partial charge is 0.376 e. The number of nitrogens with one attached hydrogen (secondary N) is 4. The number of carbonyl (C=O) groups is 3. The molecule has 0 saturated carbocycles. The van der Waals surface area contributed by atoms with Crippen LogP contribution in [0.2, 0.25) is 0 Å². The van der Waals surface area contributed by atoms with Crippen LogP contribution in [-0.2, 0) is 9.59 Å². The van der Waals surface area contributed by atoms with Crippen LogP contribution < -0.4 is 21.3 Å². The lowest BCUT2D eigenvalue weighted by molar-refractivity contribution is -0.116. The molecule has 29 heavy (non-hydrogen) atoms. The van der Waals surface area contributed by atoms with Crippen LogP contribution in [0.3, 0.4) is 0 Å². The first-order chi connectivity index (χ1) is 13.9. The zero-order chi connectivity index (χ0) is 21.2. The first-order valence-electron chi connectivity index (χ1n) is 9.76. The fraction of sp³-hybridized carbons (Fsp3) is 0.318. The molecule has 0 saturated heterocycles. The first kappa shape index (κ1) is 21.9. The summed E-state index contributed by atoms with van der Waals surface area (Å²) >= 11 is 0. The summed E-state index contributed by atoms with van der Waals surface area (Å²) in [6.45, 7) is 6.28. The number of carbonyl (C=O) groups excluding carboxylic acids is 3. The summed E-state index contributed by atoms with van der Waals surface area (Å²) in [5, 5.41) is 11.5. The van der Waals surface area contributed by atoms with E-state index in [2.05, 4.69) is 21.3 Å². The van der Waals surface area contributed by atoms with Crippen molar-refractivity contribution in [1.82, 2.24) is 5.32 Å². The van der Waals surface area contributed by atoms with Crippen molar-refractivity contribution in [2.24, 2.45) is 0 Å². The molecule has 0 unspecified atom stereocenters. The number of amides is 3. The van der Waals surface area contributed by atoms with Crippen LogP contribution >= 0.6 is 0 Å². The Morgan fingerprint density at radius 3 is 2.21 bits per heavy atom. The zero-order valence-electron chi connectivity index (χ0n) is 17.1. The van der Waals surface area contributed by atoms with Crippen molar-refractivity contribution in [3.05, 3.63) is 53.6 Å². The maximum atomic E-state index is 12.3. The van der Waals surface area contributed by atoms with Gasteiger partial charge in [0.05, 0.1) is 6.54 Å². The Labute approximate surface area is 171 Å². The van der Waals surface area contributed by atoms with Gasteiger partial charge in [-0.2, -0.15) is 0 Å². The topological polar surface area (TPSA) is 99.3 Å². The highest BCUT2D eigenvalue weighted by Crippen LogP contribution is 2.23. The van der Waals surface area contributed by atoms with Gasteiger partial charge in [-0.15, -0.1) is 0 Å². The molecule has 0 radical (unpaired) electrons. The summed E-state index contributed by atoms with van der Waals surface area (Å²) in [5.41, 5.74) is 3.33. The minimum Gasteiger partial charge on any atom is -0.376 e. The second-order valence-electron chi connectivity index (χ2n) is 6.62. The Morgan fingerprint density at radius 1 is 0.897 bits per heavy atom. The van der Waals surface area contributed by atoms with Crippen LogP contribution in [0.15, 0.2) is 42.5 Å². The molecule has 0 atom stereocenters. The van der Waals surface area contributed by atoms with E-state index in [0.29, 0.717) is 35.6 Å². The Hall–Kier alpha value is -3.35. The minimum atomic E-state index is -0.229. The second-order valence-corrected chi connectivity index (χ2v) is 6.62. The van der Waals surface area contributed by atoms with Gasteiger partial charge in [0, 0.05) is 35.6 Å². The average Bonchev–Trinajstić information content (AvgIpc) is 2.73. The summed E-state index contributed by atoms with van der Waals surface area (Å²) in [6, 6.07) is 12.4. The second kappa shape index (κ2) is 10.8. The van der Waals surface area contributed by atoms with E-state index in [1.54, 1.807) is 49.4 Å². The molecular weight excluding hydrogens is 368 g/mol. The van der Waals surface area contributed by atoms with Crippen LogP contribution in [0.1, 0.15) is 42.6 Å². The Kier molecular flexibility index (Phi) is 8.21. The molecule has 154 valence electrons. The molecule has 4 N–H and O–H groups in total. The first-order valence-corrected chi connectivity index (χ1v) is 9.76. The summed E-state index contributed by atoms with van der Waals surface area (Å²) in [5.74, 6) is -0.449. The van der Waals surface area contributed by atoms with Gasteiger partial charge in [-0.25, -0.2) is 0 Å². The van der Waals surface area contributed by atoms with Crippen LogP contribution in [0.5, 0.6) is 0 Å². The molecule has 0 fully saturated rings. The van der Waals surface area contributed by atoms with Gasteiger partial charge in [0.2, 0.25) is 11.8 Å². The summed E-state index contributed by atoms with van der Waals surface area (Å²) in [4.78, 5) is 36.0. The van der Waals surface area contributed by atoms with E-state index in [1.165, 1.54) is 0 Å². The Bertz CT molecular complexity index is 880. The lowest BCUT2D eigenvalue weighted by Crippen LogP contribution is -2.24. The van der Waals surface area contributed by atoms with Crippen molar-refractivity contribution < 1.29 is 14.4 Å². The molecule has 0 aliphatic carbocycles. The molecule has 0 bridgehead atoms. The van der Waals surface area contributed by atoms with Gasteiger partial charge in [-0.1, -0.05) is 26.0 Å². The summed E-state index contributed by atoms with van der Waals surface area (Å²) < 4.78 is 0. The number of rotatable bonds is 9. The maximum Gasteiger partial charge on any atom is 0.251 e. The van der Waals surface area contributed by atoms with Crippen molar-refractivity contribution in [2.45, 2.75) is 33.6 Å². The normalized spacial score (nSPS) is 10.2. The molecule has 7 heteroatoms. The van der Waals surface area contributed by atoms with Crippen LogP contribution in [-0.4, -0.2) is 30.8 Å². The average molecular weight is 396 g/mol. The number of anilines is 3. The third-order valence-corrected chi connectivity index (χ3v) is 4.32. The molecule has 0 aliphatic heterocycles. The predicted octanol–water partition coefficient (Wildman–Crippen LogP) is 3.53. The SMILES string of the molecule is CCCNC(=O)c1cccc(NCC(=O)Nc2cccc(NC(=O)CC)c2C)c1. The standard InChI is InChI=1S/C22H28N4O3/c1-4-12-23-22(29)16-8-6-9-17(13-16)24-14-21(28)26-19-11-7-10-18(15(19)3)25-20(27)5-2/h6-11,13,24H,4-5,12,14H2,1-3H3,(H,23,29)(H,25,27)(H,26,28). The molecule has 3 amide bonds. The van der Waals surface area contributed by atoms with Gasteiger partial charge in [-0.3, -0.25) is 14.4 Å². The van der Waals surface area contributed by atoms with E-state index in [1.807, 2.05) is 13.8 Å². The van der Waals surface area contributed by atoms with E-state index < -0.39 is 0 Å². The molecular formula is C22H28N4O3. The quantitative estimate of drug-likeness (QED) is 0.521. The molecule has 2 aromatic rings. The van der Waals surface area contributed by atoms with Crippen molar-refractivity contribution in [1.29, 1.82) is 0 Å². The summed E-state index contributed by atoms with van der Waals surface area (Å²) in [6.07, 6.45) is 1.25. The van der Waals surface area contributed by atoms with Crippen molar-refractivity contribution in [2.75, 3.05) is 29.0 Å². The highest BCUT2D eigenvalue weighted by atomic mass is 16.2. The highest BCUT2D eigenvalue weighted by molar-refractivity contribution is 5.98. The Morgan fingerprint density at radius 2 is 1.55 bits per heavy atom. The molecule has 0 aromatic heterocycles. The fourth-order valence-corrected chi connectivity index (χ4v) is 2.63. The van der Waals surface area contributed by atoms with Crippen LogP contribution in [0.25, 0.3) is 0 Å². The molecule has 2 aromatic carbocycles. The smallest absolute Gasteiger partial charge is 0.251 e. The Balaban J connectivity index is 1.96. The van der Waals surface area contributed by atoms with E-state index in [9.17, 15) is 14.4 Å². The van der Waals surface area contributed by atoms with Gasteiger partial charge < -0.3 is 21.3 Å². The van der Waals surface area contributed by atoms with Crippen LogP contribution in [0.4, 0.5) is 17.1 Å². The third kappa shape index (κ3) is 6.64. The maximum absolute atomic E-state index is 12.3. The lowest BCUT2D eigenvalue weighted by atomic mass is 10.1. The summed E-state index contributed by atoms with van der Waals surface area (Å²) in [7, 11) is 0. The molecule has 0 spiro atoms. The fourth-order valence-electron chi connectivity index (χ4n) is 2.63. The van der Waals surface area contributed by atoms with Gasteiger partial charge in [-0.05, 0) is 49.2 Å². The van der Waals surface area contributed by atoms with Crippen LogP contribution in [0, 0.1) is 6.92 Å². The minimum absolute atomic E-state index is 0.0466. The number of hydrogen-bond donors (Lipinski definition) is 4. The van der Waals surface area contributed by atoms with Crippen molar-refractivity contribution in [3.63, 3.8) is 0 Å². The van der Waals surface area contributed by atoms with E-state index >= 15 is 0 Å². The van der Waals surface area contributed by atoms with E-state index in [4.69, 9.17) is 0 Å². The highest BCUT2D eigenvalue weighted by Gasteiger charge is 2.10. The molecule has 0 aliphatic rings. The number of benzene rings is 2. The van der Waals surface area contributed by atoms with E-state index in [0.717, 1.165) is 12.0 Å². The van der Waals surface area contributed by atoms with Gasteiger partial charge in [0.25, 0.3) is 5.91 Å². The molecule has 2 rings (SSSR count). The predicted molar refractivity (Wildman–Crippen MR) is 116 cm³/mol. The van der Waals surface area contributed by atoms with E-state index in [-0.39, 0.29) is 24.3 Å². The van der Waals surface area contributed by atoms with Gasteiger partial charge in [0.1, 0.15) is 0 Å². The molecule has 0 heterocycles. The molecule has 7 nitrogen and oxygen atoms in total. The zero-order valence-corrected chi connectivity index (χ0v) is 17.1. The lowest BCUT2D eigenvalue weighted by Gasteiger charge is -2.14. The van der Waals surface area contributed by atoms with Crippen molar-refractivity contribution >= 4 is 34.8 Å².